The van der Waals surface area contributed by atoms with E-state index in [0.29, 0.717) is 18.2 Å². The van der Waals surface area contributed by atoms with Gasteiger partial charge in [-0.1, -0.05) is 12.2 Å². The highest BCUT2D eigenvalue weighted by atomic mass is 16.5. The lowest BCUT2D eigenvalue weighted by Gasteiger charge is -2.24. The topological polar surface area (TPSA) is 21.3 Å². The molecule has 1 N–H and O–H groups in total. The van der Waals surface area contributed by atoms with Crippen molar-refractivity contribution in [1.82, 2.24) is 5.32 Å². The number of allylic oxidation sites excluding steroid dienone is 1. The molecular formula is C11H19NO. The van der Waals surface area contributed by atoms with Crippen LogP contribution in [0, 0.1) is 0 Å². The van der Waals surface area contributed by atoms with Crippen molar-refractivity contribution in [2.24, 2.45) is 0 Å². The lowest BCUT2D eigenvalue weighted by molar-refractivity contribution is 0.111. The fourth-order valence-electron chi connectivity index (χ4n) is 2.18. The zero-order chi connectivity index (χ0) is 9.10. The Morgan fingerprint density at radius 3 is 2.92 bits per heavy atom. The van der Waals surface area contributed by atoms with Gasteiger partial charge in [-0.2, -0.15) is 0 Å². The van der Waals surface area contributed by atoms with Gasteiger partial charge in [0, 0.05) is 18.7 Å². The summed E-state index contributed by atoms with van der Waals surface area (Å²) in [6.45, 7) is 3.09. The summed E-state index contributed by atoms with van der Waals surface area (Å²) in [4.78, 5) is 0. The summed E-state index contributed by atoms with van der Waals surface area (Å²) in [6.07, 6.45) is 10.1. The minimum Gasteiger partial charge on any atom is -0.377 e. The third-order valence-corrected chi connectivity index (χ3v) is 3.06. The van der Waals surface area contributed by atoms with E-state index in [-0.39, 0.29) is 0 Å². The maximum atomic E-state index is 5.52. The van der Waals surface area contributed by atoms with Crippen LogP contribution >= 0.6 is 0 Å². The molecule has 1 aliphatic heterocycles. The van der Waals surface area contributed by atoms with Crippen molar-refractivity contribution in [3.63, 3.8) is 0 Å². The quantitative estimate of drug-likeness (QED) is 0.657. The van der Waals surface area contributed by atoms with Crippen LogP contribution in [0.4, 0.5) is 0 Å². The van der Waals surface area contributed by atoms with E-state index in [1.54, 1.807) is 0 Å². The van der Waals surface area contributed by atoms with E-state index in [1.165, 1.54) is 25.7 Å². The van der Waals surface area contributed by atoms with Gasteiger partial charge in [0.25, 0.3) is 0 Å². The molecule has 0 aromatic carbocycles. The van der Waals surface area contributed by atoms with Crippen LogP contribution in [0.1, 0.15) is 32.6 Å². The maximum absolute atomic E-state index is 5.52. The highest BCUT2D eigenvalue weighted by Gasteiger charge is 2.25. The van der Waals surface area contributed by atoms with Gasteiger partial charge in [0.05, 0.1) is 6.10 Å². The first-order valence-corrected chi connectivity index (χ1v) is 5.40. The van der Waals surface area contributed by atoms with Crippen molar-refractivity contribution in [3.05, 3.63) is 12.2 Å². The fraction of sp³-hybridized carbons (Fsp3) is 0.818. The van der Waals surface area contributed by atoms with Crippen LogP contribution in [0.2, 0.25) is 0 Å². The molecule has 0 bridgehead atoms. The fourth-order valence-corrected chi connectivity index (χ4v) is 2.18. The minimum absolute atomic E-state index is 0.398. The molecule has 2 aliphatic rings. The molecule has 1 saturated heterocycles. The first kappa shape index (κ1) is 9.22. The van der Waals surface area contributed by atoms with Gasteiger partial charge in [-0.05, 0) is 32.6 Å². The first-order valence-electron chi connectivity index (χ1n) is 5.40. The molecule has 0 aromatic heterocycles. The Balaban J connectivity index is 1.82. The van der Waals surface area contributed by atoms with Gasteiger partial charge in [-0.15, -0.1) is 0 Å². The summed E-state index contributed by atoms with van der Waals surface area (Å²) >= 11 is 0. The molecule has 3 atom stereocenters. The number of rotatable bonds is 2. The van der Waals surface area contributed by atoms with Gasteiger partial charge in [-0.3, -0.25) is 0 Å². The van der Waals surface area contributed by atoms with Crippen molar-refractivity contribution in [3.8, 4) is 0 Å². The lowest BCUT2D eigenvalue weighted by atomic mass is 10.0. The van der Waals surface area contributed by atoms with Crippen LogP contribution in [0.5, 0.6) is 0 Å². The minimum atomic E-state index is 0.398. The molecule has 2 rings (SSSR count). The Morgan fingerprint density at radius 1 is 1.38 bits per heavy atom. The average Bonchev–Trinajstić information content (AvgIpc) is 2.54. The summed E-state index contributed by atoms with van der Waals surface area (Å²) in [5.74, 6) is 0. The second-order valence-corrected chi connectivity index (χ2v) is 4.10. The van der Waals surface area contributed by atoms with E-state index >= 15 is 0 Å². The van der Waals surface area contributed by atoms with E-state index < -0.39 is 0 Å². The molecule has 2 nitrogen and oxygen atoms in total. The molecule has 0 spiro atoms. The Kier molecular flexibility index (Phi) is 3.01. The summed E-state index contributed by atoms with van der Waals surface area (Å²) in [5, 5.41) is 3.66. The van der Waals surface area contributed by atoms with Crippen LogP contribution in [-0.4, -0.2) is 24.8 Å². The molecule has 0 aromatic rings. The standard InChI is InChI=1S/C11H19NO/c1-9-11(7-8-13-9)12-10-5-3-2-4-6-10/h3,5,9-12H,2,4,6-8H2,1H3. The largest absolute Gasteiger partial charge is 0.377 e. The normalized spacial score (nSPS) is 39.6. The maximum Gasteiger partial charge on any atom is 0.0700 e. The molecular weight excluding hydrogens is 162 g/mol. The van der Waals surface area contributed by atoms with Gasteiger partial charge in [0.1, 0.15) is 0 Å². The number of ether oxygens (including phenoxy) is 1. The monoisotopic (exact) mass is 181 g/mol. The molecule has 74 valence electrons. The van der Waals surface area contributed by atoms with E-state index in [1.807, 2.05) is 0 Å². The smallest absolute Gasteiger partial charge is 0.0700 e. The van der Waals surface area contributed by atoms with Gasteiger partial charge in [0.2, 0.25) is 0 Å². The van der Waals surface area contributed by atoms with Crippen molar-refractivity contribution in [2.45, 2.75) is 50.8 Å². The molecule has 2 heteroatoms. The lowest BCUT2D eigenvalue weighted by Crippen LogP contribution is -2.41. The highest BCUT2D eigenvalue weighted by Crippen LogP contribution is 2.17. The summed E-state index contributed by atoms with van der Waals surface area (Å²) in [7, 11) is 0. The predicted octanol–water partition coefficient (Wildman–Crippen LogP) is 1.86. The third-order valence-electron chi connectivity index (χ3n) is 3.06. The van der Waals surface area contributed by atoms with E-state index in [0.717, 1.165) is 6.61 Å². The molecule has 0 amide bonds. The molecule has 0 radical (unpaired) electrons. The number of nitrogens with one attached hydrogen (secondary N) is 1. The molecule has 3 unspecified atom stereocenters. The van der Waals surface area contributed by atoms with Gasteiger partial charge >= 0.3 is 0 Å². The van der Waals surface area contributed by atoms with Crippen molar-refractivity contribution < 1.29 is 4.74 Å². The average molecular weight is 181 g/mol. The van der Waals surface area contributed by atoms with Gasteiger partial charge in [0.15, 0.2) is 0 Å². The predicted molar refractivity (Wildman–Crippen MR) is 53.7 cm³/mol. The van der Waals surface area contributed by atoms with Crippen molar-refractivity contribution in [1.29, 1.82) is 0 Å². The Bertz CT molecular complexity index is 191. The second-order valence-electron chi connectivity index (χ2n) is 4.10. The zero-order valence-corrected chi connectivity index (χ0v) is 8.33. The zero-order valence-electron chi connectivity index (χ0n) is 8.33. The van der Waals surface area contributed by atoms with Crippen molar-refractivity contribution >= 4 is 0 Å². The molecule has 13 heavy (non-hydrogen) atoms. The Labute approximate surface area is 80.4 Å². The van der Waals surface area contributed by atoms with E-state index in [2.05, 4.69) is 24.4 Å². The second kappa shape index (κ2) is 4.25. The Hall–Kier alpha value is -0.340. The van der Waals surface area contributed by atoms with E-state index in [4.69, 9.17) is 4.74 Å². The van der Waals surface area contributed by atoms with Crippen LogP contribution in [-0.2, 0) is 4.74 Å². The number of hydrogen-bond donors (Lipinski definition) is 1. The van der Waals surface area contributed by atoms with Crippen molar-refractivity contribution in [2.75, 3.05) is 6.61 Å². The highest BCUT2D eigenvalue weighted by molar-refractivity contribution is 4.99. The third kappa shape index (κ3) is 2.32. The molecule has 1 fully saturated rings. The van der Waals surface area contributed by atoms with Gasteiger partial charge < -0.3 is 10.1 Å². The molecule has 1 aliphatic carbocycles. The SMILES string of the molecule is CC1OCCC1NC1C=CCCC1. The number of hydrogen-bond acceptors (Lipinski definition) is 2. The summed E-state index contributed by atoms with van der Waals surface area (Å²) in [5.41, 5.74) is 0. The van der Waals surface area contributed by atoms with Crippen LogP contribution in [0.15, 0.2) is 12.2 Å². The molecule has 1 heterocycles. The first-order chi connectivity index (χ1) is 6.36. The van der Waals surface area contributed by atoms with Crippen LogP contribution in [0.3, 0.4) is 0 Å². The van der Waals surface area contributed by atoms with Gasteiger partial charge in [-0.25, -0.2) is 0 Å². The summed E-state index contributed by atoms with van der Waals surface area (Å²) in [6, 6.07) is 1.18. The van der Waals surface area contributed by atoms with Crippen LogP contribution in [0.25, 0.3) is 0 Å². The Morgan fingerprint density at radius 2 is 2.31 bits per heavy atom. The molecule has 0 saturated carbocycles. The van der Waals surface area contributed by atoms with Crippen LogP contribution < -0.4 is 5.32 Å². The summed E-state index contributed by atoms with van der Waals surface area (Å²) < 4.78 is 5.52. The van der Waals surface area contributed by atoms with E-state index in [9.17, 15) is 0 Å².